The molecule has 1 fully saturated rings. The molecular weight excluding hydrogens is 298 g/mol. The number of rotatable bonds is 6. The largest absolute Gasteiger partial charge is 0.340 e. The Morgan fingerprint density at radius 1 is 1.25 bits per heavy atom. The standard InChI is InChI=1S/C20H27N3O/c1-17(23-15-7-13-21-23)16-20(24)22-14-6-5-10-19(22)12-11-18-8-3-2-4-9-18/h2-4,7-9,13,15,17,19H,5-6,10-12,14,16H2,1H3. The first kappa shape index (κ1) is 16.7. The third-order valence-corrected chi connectivity index (χ3v) is 5.00. The van der Waals surface area contributed by atoms with Gasteiger partial charge < -0.3 is 4.90 Å². The van der Waals surface area contributed by atoms with E-state index in [1.165, 1.54) is 12.0 Å². The number of likely N-dealkylation sites (tertiary alicyclic amines) is 1. The summed E-state index contributed by atoms with van der Waals surface area (Å²) in [4.78, 5) is 14.9. The summed E-state index contributed by atoms with van der Waals surface area (Å²) in [5, 5.41) is 4.26. The third-order valence-electron chi connectivity index (χ3n) is 5.00. The second kappa shape index (κ2) is 8.13. The van der Waals surface area contributed by atoms with E-state index < -0.39 is 0 Å². The van der Waals surface area contributed by atoms with Gasteiger partial charge in [0.25, 0.3) is 0 Å². The summed E-state index contributed by atoms with van der Waals surface area (Å²) in [6, 6.07) is 13.0. The van der Waals surface area contributed by atoms with Crippen molar-refractivity contribution in [3.63, 3.8) is 0 Å². The highest BCUT2D eigenvalue weighted by atomic mass is 16.2. The van der Waals surface area contributed by atoms with Crippen LogP contribution in [0.5, 0.6) is 0 Å². The Morgan fingerprint density at radius 3 is 2.83 bits per heavy atom. The van der Waals surface area contributed by atoms with E-state index in [2.05, 4.69) is 47.3 Å². The van der Waals surface area contributed by atoms with Crippen molar-refractivity contribution in [2.75, 3.05) is 6.54 Å². The molecule has 1 amide bonds. The second-order valence-corrected chi connectivity index (χ2v) is 6.80. The third kappa shape index (κ3) is 4.25. The molecule has 0 spiro atoms. The van der Waals surface area contributed by atoms with Gasteiger partial charge in [-0.15, -0.1) is 0 Å². The van der Waals surface area contributed by atoms with Gasteiger partial charge in [0.1, 0.15) is 0 Å². The topological polar surface area (TPSA) is 38.1 Å². The van der Waals surface area contributed by atoms with Crippen molar-refractivity contribution in [1.82, 2.24) is 14.7 Å². The molecule has 128 valence electrons. The second-order valence-electron chi connectivity index (χ2n) is 6.80. The summed E-state index contributed by atoms with van der Waals surface area (Å²) in [6.07, 6.45) is 9.83. The van der Waals surface area contributed by atoms with Crippen molar-refractivity contribution in [1.29, 1.82) is 0 Å². The van der Waals surface area contributed by atoms with Crippen LogP contribution in [0.1, 0.15) is 50.6 Å². The molecular formula is C20H27N3O. The smallest absolute Gasteiger partial charge is 0.224 e. The van der Waals surface area contributed by atoms with Crippen molar-refractivity contribution >= 4 is 5.91 Å². The molecule has 0 saturated carbocycles. The van der Waals surface area contributed by atoms with Crippen LogP contribution >= 0.6 is 0 Å². The lowest BCUT2D eigenvalue weighted by Gasteiger charge is -2.36. The van der Waals surface area contributed by atoms with Crippen LogP contribution in [0, 0.1) is 0 Å². The van der Waals surface area contributed by atoms with Crippen molar-refractivity contribution in [2.45, 2.75) is 57.5 Å². The molecule has 4 heteroatoms. The fourth-order valence-corrected chi connectivity index (χ4v) is 3.61. The van der Waals surface area contributed by atoms with Crippen molar-refractivity contribution < 1.29 is 4.79 Å². The van der Waals surface area contributed by atoms with Crippen LogP contribution in [0.3, 0.4) is 0 Å². The number of aryl methyl sites for hydroxylation is 1. The van der Waals surface area contributed by atoms with Crippen LogP contribution in [-0.2, 0) is 11.2 Å². The number of amides is 1. The van der Waals surface area contributed by atoms with Crippen LogP contribution < -0.4 is 0 Å². The van der Waals surface area contributed by atoms with E-state index in [1.54, 1.807) is 6.20 Å². The van der Waals surface area contributed by atoms with Gasteiger partial charge in [-0.1, -0.05) is 30.3 Å². The van der Waals surface area contributed by atoms with E-state index >= 15 is 0 Å². The van der Waals surface area contributed by atoms with Gasteiger partial charge in [0.15, 0.2) is 0 Å². The highest BCUT2D eigenvalue weighted by Crippen LogP contribution is 2.24. The molecule has 3 rings (SSSR count). The molecule has 2 atom stereocenters. The van der Waals surface area contributed by atoms with E-state index in [1.807, 2.05) is 16.9 Å². The lowest BCUT2D eigenvalue weighted by molar-refractivity contribution is -0.135. The van der Waals surface area contributed by atoms with E-state index in [-0.39, 0.29) is 11.9 Å². The zero-order valence-electron chi connectivity index (χ0n) is 14.5. The summed E-state index contributed by atoms with van der Waals surface area (Å²) in [7, 11) is 0. The highest BCUT2D eigenvalue weighted by molar-refractivity contribution is 5.77. The zero-order valence-corrected chi connectivity index (χ0v) is 14.5. The Labute approximate surface area is 144 Å². The van der Waals surface area contributed by atoms with Crippen LogP contribution in [-0.4, -0.2) is 33.2 Å². The molecule has 1 aromatic heterocycles. The monoisotopic (exact) mass is 325 g/mol. The van der Waals surface area contributed by atoms with Crippen LogP contribution in [0.4, 0.5) is 0 Å². The molecule has 1 aliphatic rings. The zero-order chi connectivity index (χ0) is 16.8. The number of nitrogens with zero attached hydrogens (tertiary/aromatic N) is 3. The number of aromatic nitrogens is 2. The maximum atomic E-state index is 12.8. The first-order chi connectivity index (χ1) is 11.7. The lowest BCUT2D eigenvalue weighted by Crippen LogP contribution is -2.44. The Bertz CT molecular complexity index is 624. The summed E-state index contributed by atoms with van der Waals surface area (Å²) in [5.41, 5.74) is 1.36. The average molecular weight is 325 g/mol. The maximum Gasteiger partial charge on any atom is 0.224 e. The molecule has 0 N–H and O–H groups in total. The minimum atomic E-state index is 0.115. The van der Waals surface area contributed by atoms with E-state index in [4.69, 9.17) is 0 Å². The van der Waals surface area contributed by atoms with E-state index in [9.17, 15) is 4.79 Å². The van der Waals surface area contributed by atoms with Gasteiger partial charge in [0.05, 0.1) is 6.04 Å². The minimum absolute atomic E-state index is 0.115. The highest BCUT2D eigenvalue weighted by Gasteiger charge is 2.27. The Kier molecular flexibility index (Phi) is 5.68. The number of hydrogen-bond donors (Lipinski definition) is 0. The SMILES string of the molecule is CC(CC(=O)N1CCCCC1CCc1ccccc1)n1cccn1. The normalized spacial score (nSPS) is 19.2. The minimum Gasteiger partial charge on any atom is -0.340 e. The van der Waals surface area contributed by atoms with Gasteiger partial charge in [-0.2, -0.15) is 5.10 Å². The predicted molar refractivity (Wildman–Crippen MR) is 95.7 cm³/mol. The van der Waals surface area contributed by atoms with Crippen molar-refractivity contribution in [3.8, 4) is 0 Å². The molecule has 0 bridgehead atoms. The Balaban J connectivity index is 1.58. The predicted octanol–water partition coefficient (Wildman–Crippen LogP) is 3.85. The maximum absolute atomic E-state index is 12.8. The van der Waals surface area contributed by atoms with E-state index in [0.29, 0.717) is 12.5 Å². The van der Waals surface area contributed by atoms with E-state index in [0.717, 1.165) is 32.2 Å². The molecule has 0 radical (unpaired) electrons. The van der Waals surface area contributed by atoms with Gasteiger partial charge in [-0.3, -0.25) is 9.48 Å². The number of hydrogen-bond acceptors (Lipinski definition) is 2. The average Bonchev–Trinajstić information content (AvgIpc) is 3.16. The summed E-state index contributed by atoms with van der Waals surface area (Å²) in [6.45, 7) is 2.97. The van der Waals surface area contributed by atoms with Crippen molar-refractivity contribution in [3.05, 3.63) is 54.4 Å². The molecule has 4 nitrogen and oxygen atoms in total. The molecule has 24 heavy (non-hydrogen) atoms. The molecule has 1 aromatic carbocycles. The first-order valence-corrected chi connectivity index (χ1v) is 9.06. The molecule has 2 aromatic rings. The van der Waals surface area contributed by atoms with Crippen LogP contribution in [0.25, 0.3) is 0 Å². The molecule has 2 heterocycles. The quantitative estimate of drug-likeness (QED) is 0.809. The van der Waals surface area contributed by atoms with Gasteiger partial charge in [0, 0.05) is 31.4 Å². The lowest BCUT2D eigenvalue weighted by atomic mass is 9.95. The van der Waals surface area contributed by atoms with Gasteiger partial charge in [-0.05, 0) is 50.7 Å². The summed E-state index contributed by atoms with van der Waals surface area (Å²) >= 11 is 0. The first-order valence-electron chi connectivity index (χ1n) is 9.06. The molecule has 2 unspecified atom stereocenters. The molecule has 1 saturated heterocycles. The summed E-state index contributed by atoms with van der Waals surface area (Å²) < 4.78 is 1.88. The molecule has 0 aliphatic carbocycles. The number of piperidine rings is 1. The fraction of sp³-hybridized carbons (Fsp3) is 0.500. The number of carbonyl (C=O) groups is 1. The number of benzene rings is 1. The van der Waals surface area contributed by atoms with Crippen LogP contribution in [0.15, 0.2) is 48.8 Å². The Morgan fingerprint density at radius 2 is 2.08 bits per heavy atom. The fourth-order valence-electron chi connectivity index (χ4n) is 3.61. The van der Waals surface area contributed by atoms with Gasteiger partial charge >= 0.3 is 0 Å². The summed E-state index contributed by atoms with van der Waals surface area (Å²) in [5.74, 6) is 0.274. The Hall–Kier alpha value is -2.10. The van der Waals surface area contributed by atoms with Gasteiger partial charge in [0.2, 0.25) is 5.91 Å². The van der Waals surface area contributed by atoms with Crippen molar-refractivity contribution in [2.24, 2.45) is 0 Å². The molecule has 1 aliphatic heterocycles. The number of carbonyl (C=O) groups excluding carboxylic acids is 1. The van der Waals surface area contributed by atoms with Gasteiger partial charge in [-0.25, -0.2) is 0 Å². The van der Waals surface area contributed by atoms with Crippen LogP contribution in [0.2, 0.25) is 0 Å².